The minimum Gasteiger partial charge on any atom is -0.344 e. The Kier molecular flexibility index (Phi) is 4.72. The Balaban J connectivity index is 1.99. The van der Waals surface area contributed by atoms with E-state index in [0.29, 0.717) is 5.92 Å². The van der Waals surface area contributed by atoms with E-state index in [1.54, 1.807) is 0 Å². The van der Waals surface area contributed by atoms with E-state index in [0.717, 1.165) is 6.42 Å². The predicted octanol–water partition coefficient (Wildman–Crippen LogP) is 2.93. The van der Waals surface area contributed by atoms with Gasteiger partial charge in [0.25, 0.3) is 0 Å². The molecule has 1 aliphatic rings. The summed E-state index contributed by atoms with van der Waals surface area (Å²) < 4.78 is 10.9. The van der Waals surface area contributed by atoms with Crippen molar-refractivity contribution in [3.05, 3.63) is 35.4 Å². The van der Waals surface area contributed by atoms with Crippen LogP contribution in [-0.2, 0) is 20.7 Å². The van der Waals surface area contributed by atoms with Crippen molar-refractivity contribution >= 4 is 5.78 Å². The van der Waals surface area contributed by atoms with Crippen molar-refractivity contribution in [2.75, 3.05) is 13.2 Å². The summed E-state index contributed by atoms with van der Waals surface area (Å²) >= 11 is 0. The third kappa shape index (κ3) is 3.88. The zero-order valence-electron chi connectivity index (χ0n) is 11.9. The number of Topliss-reactive ketones (excluding diaryl/α,β-unsaturated/α-hetero) is 1. The van der Waals surface area contributed by atoms with Crippen molar-refractivity contribution in [2.24, 2.45) is 5.92 Å². The maximum absolute atomic E-state index is 11.1. The quantitative estimate of drug-likeness (QED) is 0.837. The first-order valence-electron chi connectivity index (χ1n) is 6.90. The Morgan fingerprint density at radius 1 is 1.11 bits per heavy atom. The monoisotopic (exact) mass is 262 g/mol. The number of rotatable bonds is 4. The maximum atomic E-state index is 11.1. The highest BCUT2D eigenvalue weighted by atomic mass is 16.7. The predicted molar refractivity (Wildman–Crippen MR) is 74.1 cm³/mol. The smallest absolute Gasteiger partial charge is 0.184 e. The lowest BCUT2D eigenvalue weighted by Gasteiger charge is -2.28. The molecular weight excluding hydrogens is 240 g/mol. The van der Waals surface area contributed by atoms with Gasteiger partial charge in [0.1, 0.15) is 13.2 Å². The molecule has 0 amide bonds. The van der Waals surface area contributed by atoms with Crippen LogP contribution in [0.25, 0.3) is 0 Å². The lowest BCUT2D eigenvalue weighted by Crippen LogP contribution is -2.35. The summed E-state index contributed by atoms with van der Waals surface area (Å²) in [6.07, 6.45) is 0.785. The largest absolute Gasteiger partial charge is 0.344 e. The summed E-state index contributed by atoms with van der Waals surface area (Å²) in [4.78, 5) is 11.1. The van der Waals surface area contributed by atoms with E-state index < -0.39 is 0 Å². The Hall–Kier alpha value is -1.19. The zero-order valence-corrected chi connectivity index (χ0v) is 11.9. The van der Waals surface area contributed by atoms with E-state index in [-0.39, 0.29) is 31.2 Å². The van der Waals surface area contributed by atoms with Gasteiger partial charge < -0.3 is 9.47 Å². The van der Waals surface area contributed by atoms with Crippen LogP contribution in [0.4, 0.5) is 0 Å². The van der Waals surface area contributed by atoms with Gasteiger partial charge in [-0.1, -0.05) is 45.0 Å². The molecule has 104 valence electrons. The van der Waals surface area contributed by atoms with Gasteiger partial charge in [-0.15, -0.1) is 0 Å². The Morgan fingerprint density at radius 2 is 1.68 bits per heavy atom. The first-order valence-corrected chi connectivity index (χ1v) is 6.90. The average Bonchev–Trinajstić information content (AvgIpc) is 2.39. The van der Waals surface area contributed by atoms with Gasteiger partial charge >= 0.3 is 0 Å². The molecule has 0 spiro atoms. The number of carbonyl (C=O) groups excluding carboxylic acids is 1. The molecule has 1 atom stereocenters. The third-order valence-corrected chi connectivity index (χ3v) is 3.37. The molecule has 0 aromatic heterocycles. The van der Waals surface area contributed by atoms with E-state index in [2.05, 4.69) is 45.0 Å². The number of carbonyl (C=O) groups is 1. The number of ketones is 1. The first-order chi connectivity index (χ1) is 9.06. The minimum absolute atomic E-state index is 0.00994. The van der Waals surface area contributed by atoms with Crippen LogP contribution in [0, 0.1) is 5.92 Å². The Bertz CT molecular complexity index is 412. The Labute approximate surface area is 114 Å². The summed E-state index contributed by atoms with van der Waals surface area (Å²) in [6.45, 7) is 6.84. The number of benzene rings is 1. The molecule has 1 unspecified atom stereocenters. The fraction of sp³-hybridized carbons (Fsp3) is 0.562. The first kappa shape index (κ1) is 14.2. The summed E-state index contributed by atoms with van der Waals surface area (Å²) in [7, 11) is 0. The molecule has 3 nitrogen and oxygen atoms in total. The van der Waals surface area contributed by atoms with Crippen molar-refractivity contribution in [1.29, 1.82) is 0 Å². The standard InChI is InChI=1S/C16H22O3/c1-11(2)8-13-4-6-14(7-5-13)12(3)16-18-9-15(17)10-19-16/h4-7,11-12,16H,8-10H2,1-3H3. The van der Waals surface area contributed by atoms with Crippen LogP contribution in [0.2, 0.25) is 0 Å². The lowest BCUT2D eigenvalue weighted by molar-refractivity contribution is -0.192. The van der Waals surface area contributed by atoms with Gasteiger partial charge in [-0.25, -0.2) is 0 Å². The molecule has 1 aromatic rings. The van der Waals surface area contributed by atoms with E-state index >= 15 is 0 Å². The summed E-state index contributed by atoms with van der Waals surface area (Å²) in [5.74, 6) is 0.816. The van der Waals surface area contributed by atoms with Crippen LogP contribution < -0.4 is 0 Å². The van der Waals surface area contributed by atoms with Crippen LogP contribution in [0.1, 0.15) is 37.8 Å². The van der Waals surface area contributed by atoms with Gasteiger partial charge in [0.2, 0.25) is 0 Å². The molecule has 1 aliphatic heterocycles. The van der Waals surface area contributed by atoms with Gasteiger partial charge in [-0.05, 0) is 23.5 Å². The van der Waals surface area contributed by atoms with Gasteiger partial charge in [0, 0.05) is 5.92 Å². The molecule has 0 radical (unpaired) electrons. The molecule has 0 saturated carbocycles. The summed E-state index contributed by atoms with van der Waals surface area (Å²) in [5, 5.41) is 0. The van der Waals surface area contributed by atoms with E-state index in [1.165, 1.54) is 11.1 Å². The molecule has 0 aliphatic carbocycles. The summed E-state index contributed by atoms with van der Waals surface area (Å²) in [5.41, 5.74) is 2.54. The third-order valence-electron chi connectivity index (χ3n) is 3.37. The number of hydrogen-bond donors (Lipinski definition) is 0. The molecule has 0 N–H and O–H groups in total. The van der Waals surface area contributed by atoms with Crippen molar-refractivity contribution in [1.82, 2.24) is 0 Å². The highest BCUT2D eigenvalue weighted by Gasteiger charge is 2.26. The zero-order chi connectivity index (χ0) is 13.8. The topological polar surface area (TPSA) is 35.5 Å². The second kappa shape index (κ2) is 6.31. The fourth-order valence-corrected chi connectivity index (χ4v) is 2.31. The second-order valence-electron chi connectivity index (χ2n) is 5.66. The van der Waals surface area contributed by atoms with E-state index in [9.17, 15) is 4.79 Å². The average molecular weight is 262 g/mol. The lowest BCUT2D eigenvalue weighted by atomic mass is 9.96. The molecule has 3 heteroatoms. The SMILES string of the molecule is CC(C)Cc1ccc(C(C)C2OCC(=O)CO2)cc1. The maximum Gasteiger partial charge on any atom is 0.184 e. The van der Waals surface area contributed by atoms with Crippen molar-refractivity contribution in [3.63, 3.8) is 0 Å². The highest BCUT2D eigenvalue weighted by Crippen LogP contribution is 2.24. The molecule has 2 rings (SSSR count). The van der Waals surface area contributed by atoms with E-state index in [4.69, 9.17) is 9.47 Å². The van der Waals surface area contributed by atoms with Crippen molar-refractivity contribution in [2.45, 2.75) is 39.4 Å². The van der Waals surface area contributed by atoms with Crippen LogP contribution in [0.3, 0.4) is 0 Å². The molecule has 0 bridgehead atoms. The number of ether oxygens (including phenoxy) is 2. The summed E-state index contributed by atoms with van der Waals surface area (Å²) in [6, 6.07) is 8.59. The molecule has 1 aromatic carbocycles. The second-order valence-corrected chi connectivity index (χ2v) is 5.66. The van der Waals surface area contributed by atoms with Crippen molar-refractivity contribution < 1.29 is 14.3 Å². The molecule has 1 fully saturated rings. The minimum atomic E-state index is -0.311. The molecule has 1 heterocycles. The highest BCUT2D eigenvalue weighted by molar-refractivity contribution is 5.81. The van der Waals surface area contributed by atoms with Crippen LogP contribution in [-0.4, -0.2) is 25.3 Å². The molecular formula is C16H22O3. The van der Waals surface area contributed by atoms with Gasteiger partial charge in [0.05, 0.1) is 0 Å². The van der Waals surface area contributed by atoms with Crippen LogP contribution >= 0.6 is 0 Å². The normalized spacial score (nSPS) is 18.8. The number of hydrogen-bond acceptors (Lipinski definition) is 3. The van der Waals surface area contributed by atoms with Crippen molar-refractivity contribution in [3.8, 4) is 0 Å². The fourth-order valence-electron chi connectivity index (χ4n) is 2.31. The Morgan fingerprint density at radius 3 is 2.21 bits per heavy atom. The van der Waals surface area contributed by atoms with E-state index in [1.807, 2.05) is 0 Å². The van der Waals surface area contributed by atoms with Gasteiger partial charge in [-0.3, -0.25) is 4.79 Å². The van der Waals surface area contributed by atoms with Gasteiger partial charge in [-0.2, -0.15) is 0 Å². The molecule has 19 heavy (non-hydrogen) atoms. The van der Waals surface area contributed by atoms with Crippen LogP contribution in [0.5, 0.6) is 0 Å². The van der Waals surface area contributed by atoms with Crippen LogP contribution in [0.15, 0.2) is 24.3 Å². The van der Waals surface area contributed by atoms with Gasteiger partial charge in [0.15, 0.2) is 12.1 Å². The molecule has 1 saturated heterocycles.